The third-order valence-corrected chi connectivity index (χ3v) is 2.81. The first kappa shape index (κ1) is 10.9. The minimum Gasteiger partial charge on any atom is -0.368 e. The lowest BCUT2D eigenvalue weighted by molar-refractivity contribution is 0.726. The third kappa shape index (κ3) is 2.52. The van der Waals surface area contributed by atoms with Gasteiger partial charge in [-0.15, -0.1) is 0 Å². The van der Waals surface area contributed by atoms with Crippen molar-refractivity contribution >= 4 is 17.6 Å². The second kappa shape index (κ2) is 4.98. The molecule has 2 heterocycles. The van der Waals surface area contributed by atoms with Crippen molar-refractivity contribution in [2.75, 3.05) is 29.1 Å². The fraction of sp³-hybridized carbons (Fsp3) is 0.600. The van der Waals surface area contributed by atoms with Crippen LogP contribution in [-0.2, 0) is 0 Å². The maximum Gasteiger partial charge on any atom is 0.223 e. The lowest BCUT2D eigenvalue weighted by atomic mass is 10.2. The largest absolute Gasteiger partial charge is 0.368 e. The number of nitrogens with zero attached hydrogens (tertiary/aromatic N) is 3. The number of hydrogen-bond acceptors (Lipinski definition) is 6. The van der Waals surface area contributed by atoms with Crippen molar-refractivity contribution in [2.24, 2.45) is 5.84 Å². The van der Waals surface area contributed by atoms with E-state index in [-0.39, 0.29) is 5.95 Å². The topological polar surface area (TPSA) is 93.1 Å². The highest BCUT2D eigenvalue weighted by Crippen LogP contribution is 2.20. The average Bonchev–Trinajstić information content (AvgIpc) is 2.56. The summed E-state index contributed by atoms with van der Waals surface area (Å²) in [5, 5.41) is 0. The molecule has 1 aromatic heterocycles. The van der Waals surface area contributed by atoms with Gasteiger partial charge in [0.1, 0.15) is 11.6 Å². The summed E-state index contributed by atoms with van der Waals surface area (Å²) in [6, 6.07) is 1.84. The first-order valence-corrected chi connectivity index (χ1v) is 5.66. The molecule has 0 radical (unpaired) electrons. The van der Waals surface area contributed by atoms with Gasteiger partial charge in [0.15, 0.2) is 0 Å². The molecule has 1 aliphatic rings. The van der Waals surface area contributed by atoms with Crippen LogP contribution in [0.5, 0.6) is 0 Å². The number of rotatable bonds is 2. The molecule has 5 N–H and O–H groups in total. The van der Waals surface area contributed by atoms with Crippen molar-refractivity contribution in [1.29, 1.82) is 0 Å². The number of nitrogen functional groups attached to an aromatic ring is 2. The minimum atomic E-state index is 0.259. The quantitative estimate of drug-likeness (QED) is 0.504. The van der Waals surface area contributed by atoms with Gasteiger partial charge in [-0.1, -0.05) is 12.8 Å². The van der Waals surface area contributed by atoms with Gasteiger partial charge in [0, 0.05) is 19.2 Å². The van der Waals surface area contributed by atoms with E-state index >= 15 is 0 Å². The molecular formula is C10H18N6. The molecule has 1 fully saturated rings. The molecule has 88 valence electrons. The molecule has 0 bridgehead atoms. The van der Waals surface area contributed by atoms with Gasteiger partial charge < -0.3 is 16.1 Å². The van der Waals surface area contributed by atoms with E-state index in [1.165, 1.54) is 25.7 Å². The highest BCUT2D eigenvalue weighted by atomic mass is 15.3. The predicted molar refractivity (Wildman–Crippen MR) is 64.9 cm³/mol. The van der Waals surface area contributed by atoms with Crippen LogP contribution in [0.3, 0.4) is 0 Å². The second-order valence-electron chi connectivity index (χ2n) is 4.02. The highest BCUT2D eigenvalue weighted by molar-refractivity contribution is 5.52. The molecule has 0 amide bonds. The highest BCUT2D eigenvalue weighted by Gasteiger charge is 2.12. The van der Waals surface area contributed by atoms with Gasteiger partial charge in [-0.2, -0.15) is 9.97 Å². The molecule has 2 rings (SSSR count). The number of anilines is 3. The van der Waals surface area contributed by atoms with E-state index in [0.717, 1.165) is 18.9 Å². The molecule has 1 aromatic rings. The number of aromatic nitrogens is 2. The molecule has 0 saturated carbocycles. The summed E-state index contributed by atoms with van der Waals surface area (Å²) in [5.74, 6) is 7.02. The smallest absolute Gasteiger partial charge is 0.223 e. The van der Waals surface area contributed by atoms with Crippen LogP contribution in [0.15, 0.2) is 6.07 Å². The Hall–Kier alpha value is -1.56. The summed E-state index contributed by atoms with van der Waals surface area (Å²) in [5.41, 5.74) is 8.14. The molecule has 16 heavy (non-hydrogen) atoms. The van der Waals surface area contributed by atoms with Crippen LogP contribution >= 0.6 is 0 Å². The first-order chi connectivity index (χ1) is 7.79. The molecule has 6 heteroatoms. The van der Waals surface area contributed by atoms with E-state index in [1.54, 1.807) is 0 Å². The standard InChI is InChI=1S/C10H18N6/c11-10-13-8(15-12)7-9(14-10)16-5-3-1-2-4-6-16/h7H,1-6,12H2,(H3,11,13,14,15). The van der Waals surface area contributed by atoms with Crippen molar-refractivity contribution < 1.29 is 0 Å². The number of nitrogens with two attached hydrogens (primary N) is 2. The third-order valence-electron chi connectivity index (χ3n) is 2.81. The summed E-state index contributed by atoms with van der Waals surface area (Å²) < 4.78 is 0. The Labute approximate surface area is 95.0 Å². The minimum absolute atomic E-state index is 0.259. The Bertz CT molecular complexity index is 345. The molecule has 1 aliphatic heterocycles. The molecule has 0 spiro atoms. The second-order valence-corrected chi connectivity index (χ2v) is 4.02. The van der Waals surface area contributed by atoms with Crippen LogP contribution in [-0.4, -0.2) is 23.1 Å². The Kier molecular flexibility index (Phi) is 3.40. The fourth-order valence-electron chi connectivity index (χ4n) is 1.99. The fourth-order valence-corrected chi connectivity index (χ4v) is 1.99. The number of hydrogen-bond donors (Lipinski definition) is 3. The Morgan fingerprint density at radius 3 is 2.44 bits per heavy atom. The average molecular weight is 222 g/mol. The van der Waals surface area contributed by atoms with Gasteiger partial charge in [-0.3, -0.25) is 0 Å². The number of nitrogens with one attached hydrogen (secondary N) is 1. The van der Waals surface area contributed by atoms with Gasteiger partial charge in [0.05, 0.1) is 0 Å². The summed E-state index contributed by atoms with van der Waals surface area (Å²) in [6.07, 6.45) is 4.99. The SMILES string of the molecule is NNc1cc(N2CCCCCC2)nc(N)n1. The lowest BCUT2D eigenvalue weighted by Crippen LogP contribution is -2.25. The van der Waals surface area contributed by atoms with E-state index in [9.17, 15) is 0 Å². The summed E-state index contributed by atoms with van der Waals surface area (Å²) in [4.78, 5) is 10.5. The van der Waals surface area contributed by atoms with Gasteiger partial charge in [-0.05, 0) is 12.8 Å². The van der Waals surface area contributed by atoms with Gasteiger partial charge >= 0.3 is 0 Å². The molecule has 0 unspecified atom stereocenters. The summed E-state index contributed by atoms with van der Waals surface area (Å²) in [6.45, 7) is 2.06. The molecule has 6 nitrogen and oxygen atoms in total. The summed E-state index contributed by atoms with van der Waals surface area (Å²) >= 11 is 0. The van der Waals surface area contributed by atoms with Crippen LogP contribution in [0.2, 0.25) is 0 Å². The van der Waals surface area contributed by atoms with E-state index < -0.39 is 0 Å². The van der Waals surface area contributed by atoms with Gasteiger partial charge in [-0.25, -0.2) is 5.84 Å². The van der Waals surface area contributed by atoms with Crippen LogP contribution in [0.1, 0.15) is 25.7 Å². The molecular weight excluding hydrogens is 204 g/mol. The zero-order chi connectivity index (χ0) is 11.4. The predicted octanol–water partition coefficient (Wildman–Crippen LogP) is 0.725. The van der Waals surface area contributed by atoms with Crippen molar-refractivity contribution in [3.05, 3.63) is 6.07 Å². The van der Waals surface area contributed by atoms with Gasteiger partial charge in [0.25, 0.3) is 0 Å². The molecule has 0 aliphatic carbocycles. The summed E-state index contributed by atoms with van der Waals surface area (Å²) in [7, 11) is 0. The molecule has 0 aromatic carbocycles. The van der Waals surface area contributed by atoms with Crippen LogP contribution in [0.4, 0.5) is 17.6 Å². The van der Waals surface area contributed by atoms with E-state index in [2.05, 4.69) is 20.3 Å². The van der Waals surface area contributed by atoms with E-state index in [0.29, 0.717) is 5.82 Å². The number of hydrazine groups is 1. The maximum absolute atomic E-state index is 5.64. The Morgan fingerprint density at radius 1 is 1.12 bits per heavy atom. The zero-order valence-corrected chi connectivity index (χ0v) is 9.32. The van der Waals surface area contributed by atoms with Crippen molar-refractivity contribution in [2.45, 2.75) is 25.7 Å². The van der Waals surface area contributed by atoms with Crippen molar-refractivity contribution in [1.82, 2.24) is 9.97 Å². The van der Waals surface area contributed by atoms with Crippen LogP contribution in [0.25, 0.3) is 0 Å². The first-order valence-electron chi connectivity index (χ1n) is 5.66. The molecule has 0 atom stereocenters. The van der Waals surface area contributed by atoms with E-state index in [4.69, 9.17) is 11.6 Å². The Balaban J connectivity index is 2.20. The van der Waals surface area contributed by atoms with Crippen molar-refractivity contribution in [3.8, 4) is 0 Å². The lowest BCUT2D eigenvalue weighted by Gasteiger charge is -2.21. The Morgan fingerprint density at radius 2 is 1.81 bits per heavy atom. The normalized spacial score (nSPS) is 16.9. The monoisotopic (exact) mass is 222 g/mol. The van der Waals surface area contributed by atoms with Crippen LogP contribution < -0.4 is 21.9 Å². The van der Waals surface area contributed by atoms with Crippen LogP contribution in [0, 0.1) is 0 Å². The van der Waals surface area contributed by atoms with Crippen molar-refractivity contribution in [3.63, 3.8) is 0 Å². The van der Waals surface area contributed by atoms with E-state index in [1.807, 2.05) is 6.07 Å². The van der Waals surface area contributed by atoms with Gasteiger partial charge in [0.2, 0.25) is 5.95 Å². The zero-order valence-electron chi connectivity index (χ0n) is 9.32. The molecule has 1 saturated heterocycles. The maximum atomic E-state index is 5.64.